The average molecular weight is 289 g/mol. The highest BCUT2D eigenvalue weighted by Gasteiger charge is 2.49. The smallest absolute Gasteiger partial charge is 0.306 e. The highest BCUT2D eigenvalue weighted by molar-refractivity contribution is 5.84. The molecule has 3 heteroatoms. The first-order valence-corrected chi connectivity index (χ1v) is 7.67. The molecule has 0 bridgehead atoms. The van der Waals surface area contributed by atoms with Crippen molar-refractivity contribution in [1.29, 1.82) is 0 Å². The summed E-state index contributed by atoms with van der Waals surface area (Å²) in [6.07, 6.45) is 0.416. The van der Waals surface area contributed by atoms with Crippen LogP contribution in [0.5, 0.6) is 0 Å². The maximum Gasteiger partial charge on any atom is 0.306 e. The van der Waals surface area contributed by atoms with E-state index >= 15 is 0 Å². The average Bonchev–Trinajstić information content (AvgIpc) is 3.17. The van der Waals surface area contributed by atoms with Gasteiger partial charge in [0.05, 0.1) is 12.5 Å². The second-order valence-electron chi connectivity index (χ2n) is 6.12. The standard InChI is InChI=1S/C19H15NO2/c21-17-11-14-16-10-13-8-4-5-9-15(13)20(16)18(19(14)22-17)12-6-2-1-3-7-12/h1-10,14,18-19H,11H2. The molecule has 1 aromatic heterocycles. The molecule has 22 heavy (non-hydrogen) atoms. The quantitative estimate of drug-likeness (QED) is 0.640. The maximum absolute atomic E-state index is 11.8. The Balaban J connectivity index is 1.79. The predicted octanol–water partition coefficient (Wildman–Crippen LogP) is 3.64. The van der Waals surface area contributed by atoms with Crippen LogP contribution in [0.15, 0.2) is 60.7 Å². The normalized spacial score (nSPS) is 26.0. The van der Waals surface area contributed by atoms with E-state index in [1.807, 2.05) is 18.2 Å². The monoisotopic (exact) mass is 289 g/mol. The lowest BCUT2D eigenvalue weighted by molar-refractivity contribution is -0.142. The molecule has 2 aliphatic rings. The Morgan fingerprint density at radius 2 is 1.77 bits per heavy atom. The lowest BCUT2D eigenvalue weighted by atomic mass is 9.93. The van der Waals surface area contributed by atoms with Gasteiger partial charge in [-0.2, -0.15) is 0 Å². The summed E-state index contributed by atoms with van der Waals surface area (Å²) >= 11 is 0. The van der Waals surface area contributed by atoms with Gasteiger partial charge in [-0.25, -0.2) is 0 Å². The van der Waals surface area contributed by atoms with Crippen LogP contribution in [-0.2, 0) is 9.53 Å². The van der Waals surface area contributed by atoms with E-state index in [-0.39, 0.29) is 24.0 Å². The summed E-state index contributed by atoms with van der Waals surface area (Å²) in [6, 6.07) is 21.1. The van der Waals surface area contributed by atoms with Gasteiger partial charge in [-0.05, 0) is 23.1 Å². The Morgan fingerprint density at radius 1 is 1.00 bits per heavy atom. The molecular formula is C19H15NO2. The Hall–Kier alpha value is -2.55. The molecular weight excluding hydrogens is 274 g/mol. The number of fused-ring (bicyclic) bond motifs is 5. The molecule has 3 atom stereocenters. The summed E-state index contributed by atoms with van der Waals surface area (Å²) in [4.78, 5) is 11.8. The number of ether oxygens (including phenoxy) is 1. The number of carbonyl (C=O) groups excluding carboxylic acids is 1. The molecule has 0 spiro atoms. The van der Waals surface area contributed by atoms with Crippen molar-refractivity contribution in [3.63, 3.8) is 0 Å². The van der Waals surface area contributed by atoms with Crippen LogP contribution in [-0.4, -0.2) is 16.6 Å². The molecule has 3 heterocycles. The summed E-state index contributed by atoms with van der Waals surface area (Å²) in [5.74, 6) is 0.0949. The number of hydrogen-bond donors (Lipinski definition) is 0. The van der Waals surface area contributed by atoms with Crippen LogP contribution in [0.3, 0.4) is 0 Å². The van der Waals surface area contributed by atoms with E-state index in [0.29, 0.717) is 6.42 Å². The van der Waals surface area contributed by atoms with E-state index in [1.54, 1.807) is 0 Å². The van der Waals surface area contributed by atoms with Gasteiger partial charge in [-0.15, -0.1) is 0 Å². The maximum atomic E-state index is 11.8. The van der Waals surface area contributed by atoms with Crippen molar-refractivity contribution in [2.45, 2.75) is 24.5 Å². The van der Waals surface area contributed by atoms with E-state index < -0.39 is 0 Å². The fraction of sp³-hybridized carbons (Fsp3) is 0.211. The molecule has 3 unspecified atom stereocenters. The van der Waals surface area contributed by atoms with E-state index in [1.165, 1.54) is 22.2 Å². The van der Waals surface area contributed by atoms with Gasteiger partial charge in [0.1, 0.15) is 6.10 Å². The number of para-hydroxylation sites is 1. The van der Waals surface area contributed by atoms with Crippen molar-refractivity contribution < 1.29 is 9.53 Å². The van der Waals surface area contributed by atoms with Crippen LogP contribution in [0.2, 0.25) is 0 Å². The van der Waals surface area contributed by atoms with Gasteiger partial charge >= 0.3 is 5.97 Å². The zero-order valence-electron chi connectivity index (χ0n) is 12.0. The van der Waals surface area contributed by atoms with Gasteiger partial charge in [0.25, 0.3) is 0 Å². The number of rotatable bonds is 1. The third-order valence-electron chi connectivity index (χ3n) is 4.94. The second kappa shape index (κ2) is 4.23. The highest BCUT2D eigenvalue weighted by Crippen LogP contribution is 2.49. The zero-order chi connectivity index (χ0) is 14.7. The molecule has 0 aliphatic carbocycles. The van der Waals surface area contributed by atoms with Crippen molar-refractivity contribution in [1.82, 2.24) is 4.57 Å². The number of aromatic nitrogens is 1. The van der Waals surface area contributed by atoms with Crippen molar-refractivity contribution in [2.24, 2.45) is 0 Å². The Bertz CT molecular complexity index is 881. The fourth-order valence-electron chi connectivity index (χ4n) is 4.06. The van der Waals surface area contributed by atoms with E-state index in [2.05, 4.69) is 47.0 Å². The predicted molar refractivity (Wildman–Crippen MR) is 83.8 cm³/mol. The minimum atomic E-state index is -0.0764. The zero-order valence-corrected chi connectivity index (χ0v) is 12.0. The van der Waals surface area contributed by atoms with Crippen LogP contribution in [0.1, 0.15) is 29.6 Å². The first-order chi connectivity index (χ1) is 10.8. The van der Waals surface area contributed by atoms with Crippen LogP contribution >= 0.6 is 0 Å². The molecule has 0 N–H and O–H groups in total. The first-order valence-electron chi connectivity index (χ1n) is 7.67. The number of hydrogen-bond acceptors (Lipinski definition) is 2. The lowest BCUT2D eigenvalue weighted by Gasteiger charge is -2.21. The summed E-state index contributed by atoms with van der Waals surface area (Å²) < 4.78 is 8.05. The Kier molecular flexibility index (Phi) is 2.31. The molecule has 2 aromatic carbocycles. The van der Waals surface area contributed by atoms with Crippen LogP contribution < -0.4 is 0 Å². The van der Waals surface area contributed by atoms with Crippen molar-refractivity contribution in [3.05, 3.63) is 71.9 Å². The minimum Gasteiger partial charge on any atom is -0.459 e. The van der Waals surface area contributed by atoms with Crippen LogP contribution in [0.4, 0.5) is 0 Å². The van der Waals surface area contributed by atoms with Crippen molar-refractivity contribution in [2.75, 3.05) is 0 Å². The summed E-state index contributed by atoms with van der Waals surface area (Å²) in [5.41, 5.74) is 3.65. The molecule has 5 rings (SSSR count). The molecule has 1 saturated heterocycles. The van der Waals surface area contributed by atoms with E-state index in [9.17, 15) is 4.79 Å². The van der Waals surface area contributed by atoms with Gasteiger partial charge in [0.15, 0.2) is 0 Å². The minimum absolute atomic E-state index is 0.0745. The van der Waals surface area contributed by atoms with Gasteiger partial charge in [-0.1, -0.05) is 48.5 Å². The molecule has 3 aromatic rings. The van der Waals surface area contributed by atoms with Crippen LogP contribution in [0, 0.1) is 0 Å². The topological polar surface area (TPSA) is 31.2 Å². The van der Waals surface area contributed by atoms with E-state index in [4.69, 9.17) is 4.74 Å². The number of carbonyl (C=O) groups is 1. The molecule has 3 nitrogen and oxygen atoms in total. The van der Waals surface area contributed by atoms with Gasteiger partial charge in [0.2, 0.25) is 0 Å². The van der Waals surface area contributed by atoms with Crippen LogP contribution in [0.25, 0.3) is 10.9 Å². The van der Waals surface area contributed by atoms with Crippen molar-refractivity contribution in [3.8, 4) is 0 Å². The Labute approximate surface area is 128 Å². The molecule has 0 radical (unpaired) electrons. The van der Waals surface area contributed by atoms with Gasteiger partial charge in [-0.3, -0.25) is 4.79 Å². The SMILES string of the molecule is O=C1CC2c3cc4ccccc4n3C(c3ccccc3)C2O1. The number of benzene rings is 2. The first kappa shape index (κ1) is 12.0. The third kappa shape index (κ3) is 1.48. The van der Waals surface area contributed by atoms with Gasteiger partial charge < -0.3 is 9.30 Å². The molecule has 2 aliphatic heterocycles. The second-order valence-corrected chi connectivity index (χ2v) is 6.12. The summed E-state index contributed by atoms with van der Waals surface area (Å²) in [5, 5.41) is 1.23. The van der Waals surface area contributed by atoms with Crippen molar-refractivity contribution >= 4 is 16.9 Å². The molecule has 0 amide bonds. The number of esters is 1. The third-order valence-corrected chi connectivity index (χ3v) is 4.94. The van der Waals surface area contributed by atoms with E-state index in [0.717, 1.165) is 0 Å². The largest absolute Gasteiger partial charge is 0.459 e. The summed E-state index contributed by atoms with van der Waals surface area (Å²) in [6.45, 7) is 0. The summed E-state index contributed by atoms with van der Waals surface area (Å²) in [7, 11) is 0. The highest BCUT2D eigenvalue weighted by atomic mass is 16.6. The number of nitrogens with zero attached hydrogens (tertiary/aromatic N) is 1. The lowest BCUT2D eigenvalue weighted by Crippen LogP contribution is -2.21. The fourth-order valence-corrected chi connectivity index (χ4v) is 4.06. The molecule has 1 fully saturated rings. The molecule has 0 saturated carbocycles. The Morgan fingerprint density at radius 3 is 2.64 bits per heavy atom. The molecule has 108 valence electrons. The van der Waals surface area contributed by atoms with Gasteiger partial charge in [0, 0.05) is 17.1 Å².